The van der Waals surface area contributed by atoms with Gasteiger partial charge in [-0.15, -0.1) is 0 Å². The first-order valence-corrected chi connectivity index (χ1v) is 8.68. The molecule has 0 saturated heterocycles. The molecule has 2 aromatic rings. The van der Waals surface area contributed by atoms with Gasteiger partial charge in [0.25, 0.3) is 11.8 Å². The largest absolute Gasteiger partial charge is 0.398 e. The Labute approximate surface area is 151 Å². The fourth-order valence-corrected chi connectivity index (χ4v) is 3.79. The monoisotopic (exact) mass is 349 g/mol. The summed E-state index contributed by atoms with van der Waals surface area (Å²) >= 11 is 0. The maximum Gasteiger partial charge on any atom is 0.264 e. The molecule has 2 aromatic carbocycles. The third kappa shape index (κ3) is 2.63. The lowest BCUT2D eigenvalue weighted by molar-refractivity contribution is -0.122. The number of carbonyl (C=O) groups excluding carboxylic acids is 3. The van der Waals surface area contributed by atoms with Crippen LogP contribution >= 0.6 is 0 Å². The van der Waals surface area contributed by atoms with Gasteiger partial charge in [-0.2, -0.15) is 0 Å². The average Bonchev–Trinajstić information content (AvgIpc) is 2.88. The summed E-state index contributed by atoms with van der Waals surface area (Å²) in [5, 5.41) is 2.97. The molecule has 6 nitrogen and oxygen atoms in total. The van der Waals surface area contributed by atoms with E-state index in [1.807, 2.05) is 18.2 Å². The molecule has 132 valence electrons. The maximum atomic E-state index is 12.5. The molecule has 0 fully saturated rings. The van der Waals surface area contributed by atoms with E-state index in [0.717, 1.165) is 29.7 Å². The zero-order chi connectivity index (χ0) is 18.3. The van der Waals surface area contributed by atoms with E-state index in [-0.39, 0.29) is 35.3 Å². The van der Waals surface area contributed by atoms with Crippen molar-refractivity contribution >= 4 is 23.4 Å². The fourth-order valence-electron chi connectivity index (χ4n) is 3.79. The zero-order valence-corrected chi connectivity index (χ0v) is 14.2. The number of amides is 3. The summed E-state index contributed by atoms with van der Waals surface area (Å²) in [6.45, 7) is -0.301. The molecular weight excluding hydrogens is 330 g/mol. The molecule has 0 bridgehead atoms. The van der Waals surface area contributed by atoms with E-state index < -0.39 is 11.8 Å². The SMILES string of the molecule is Nc1cccc2c1C(=O)N(CC(=O)N[C@@H]1CCCc3ccccc31)C2=O. The number of carbonyl (C=O) groups is 3. The van der Waals surface area contributed by atoms with E-state index in [2.05, 4.69) is 11.4 Å². The molecule has 26 heavy (non-hydrogen) atoms. The van der Waals surface area contributed by atoms with Crippen molar-refractivity contribution in [3.8, 4) is 0 Å². The van der Waals surface area contributed by atoms with Gasteiger partial charge in [-0.25, -0.2) is 0 Å². The third-order valence-corrected chi connectivity index (χ3v) is 5.04. The van der Waals surface area contributed by atoms with Crippen LogP contribution in [0, 0.1) is 0 Å². The van der Waals surface area contributed by atoms with Crippen LogP contribution < -0.4 is 11.1 Å². The number of benzene rings is 2. The lowest BCUT2D eigenvalue weighted by Crippen LogP contribution is -2.42. The number of nitrogens with two attached hydrogens (primary N) is 1. The molecule has 1 aliphatic carbocycles. The molecule has 2 aliphatic rings. The van der Waals surface area contributed by atoms with Crippen molar-refractivity contribution in [3.05, 3.63) is 64.7 Å². The number of nitrogens with zero attached hydrogens (tertiary/aromatic N) is 1. The first-order valence-electron chi connectivity index (χ1n) is 8.68. The van der Waals surface area contributed by atoms with Gasteiger partial charge in [0, 0.05) is 5.69 Å². The van der Waals surface area contributed by atoms with Crippen molar-refractivity contribution in [2.75, 3.05) is 12.3 Å². The van der Waals surface area contributed by atoms with E-state index in [1.54, 1.807) is 18.2 Å². The highest BCUT2D eigenvalue weighted by molar-refractivity contribution is 6.24. The second kappa shape index (κ2) is 6.29. The lowest BCUT2D eigenvalue weighted by atomic mass is 9.88. The fraction of sp³-hybridized carbons (Fsp3) is 0.250. The molecule has 3 N–H and O–H groups in total. The van der Waals surface area contributed by atoms with Crippen molar-refractivity contribution in [2.24, 2.45) is 0 Å². The van der Waals surface area contributed by atoms with E-state index in [9.17, 15) is 14.4 Å². The number of nitrogen functional groups attached to an aromatic ring is 1. The summed E-state index contributed by atoms with van der Waals surface area (Å²) in [5.41, 5.74) is 8.86. The molecule has 0 radical (unpaired) electrons. The van der Waals surface area contributed by atoms with Crippen LogP contribution in [0.2, 0.25) is 0 Å². The number of hydrogen-bond donors (Lipinski definition) is 2. The van der Waals surface area contributed by atoms with Crippen LogP contribution in [0.5, 0.6) is 0 Å². The molecule has 1 atom stereocenters. The summed E-state index contributed by atoms with van der Waals surface area (Å²) in [5.74, 6) is -1.33. The molecule has 0 aromatic heterocycles. The van der Waals surface area contributed by atoms with Gasteiger partial charge >= 0.3 is 0 Å². The zero-order valence-electron chi connectivity index (χ0n) is 14.2. The molecule has 1 heterocycles. The van der Waals surface area contributed by atoms with E-state index in [4.69, 9.17) is 5.73 Å². The Hall–Kier alpha value is -3.15. The van der Waals surface area contributed by atoms with Crippen LogP contribution in [0.1, 0.15) is 50.7 Å². The van der Waals surface area contributed by atoms with Crippen LogP contribution in [-0.2, 0) is 11.2 Å². The summed E-state index contributed by atoms with van der Waals surface area (Å²) in [7, 11) is 0. The molecule has 0 spiro atoms. The van der Waals surface area contributed by atoms with E-state index >= 15 is 0 Å². The molecule has 4 rings (SSSR count). The van der Waals surface area contributed by atoms with Gasteiger partial charge in [-0.05, 0) is 42.5 Å². The molecule has 6 heteroatoms. The predicted molar refractivity (Wildman–Crippen MR) is 96.5 cm³/mol. The van der Waals surface area contributed by atoms with Crippen molar-refractivity contribution in [1.29, 1.82) is 0 Å². The second-order valence-electron chi connectivity index (χ2n) is 6.68. The molecule has 0 unspecified atom stereocenters. The summed E-state index contributed by atoms with van der Waals surface area (Å²) in [6, 6.07) is 12.7. The number of imide groups is 1. The van der Waals surface area contributed by atoms with Crippen LogP contribution in [0.4, 0.5) is 5.69 Å². The number of aryl methyl sites for hydroxylation is 1. The number of rotatable bonds is 3. The molecule has 0 saturated carbocycles. The van der Waals surface area contributed by atoms with E-state index in [1.165, 1.54) is 5.56 Å². The highest BCUT2D eigenvalue weighted by Crippen LogP contribution is 2.30. The van der Waals surface area contributed by atoms with Crippen LogP contribution in [-0.4, -0.2) is 29.2 Å². The minimum Gasteiger partial charge on any atom is -0.398 e. The smallest absolute Gasteiger partial charge is 0.264 e. The van der Waals surface area contributed by atoms with Crippen LogP contribution in [0.25, 0.3) is 0 Å². The number of fused-ring (bicyclic) bond motifs is 2. The predicted octanol–water partition coefficient (Wildman–Crippen LogP) is 2.06. The van der Waals surface area contributed by atoms with Gasteiger partial charge in [0.2, 0.25) is 5.91 Å². The Kier molecular flexibility index (Phi) is 3.95. The van der Waals surface area contributed by atoms with Gasteiger partial charge < -0.3 is 11.1 Å². The van der Waals surface area contributed by atoms with Gasteiger partial charge in [0.1, 0.15) is 6.54 Å². The molecule has 3 amide bonds. The Balaban J connectivity index is 1.49. The van der Waals surface area contributed by atoms with Crippen molar-refractivity contribution in [3.63, 3.8) is 0 Å². The standard InChI is InChI=1S/C20H19N3O3/c21-15-9-4-8-14-18(15)20(26)23(19(14)25)11-17(24)22-16-10-3-6-12-5-1-2-7-13(12)16/h1-2,4-5,7-9,16H,3,6,10-11,21H2,(H,22,24)/t16-/m1/s1. The minimum atomic E-state index is -0.512. The first kappa shape index (κ1) is 16.3. The van der Waals surface area contributed by atoms with Gasteiger partial charge in [0.05, 0.1) is 17.2 Å². The summed E-state index contributed by atoms with van der Waals surface area (Å²) < 4.78 is 0. The normalized spacial score (nSPS) is 18.5. The second-order valence-corrected chi connectivity index (χ2v) is 6.68. The van der Waals surface area contributed by atoms with Gasteiger partial charge in [0.15, 0.2) is 0 Å². The quantitative estimate of drug-likeness (QED) is 0.655. The van der Waals surface area contributed by atoms with Crippen LogP contribution in [0.15, 0.2) is 42.5 Å². The first-order chi connectivity index (χ1) is 12.6. The molecular formula is C20H19N3O3. The Morgan fingerprint density at radius 2 is 1.92 bits per heavy atom. The van der Waals surface area contributed by atoms with Gasteiger partial charge in [-0.1, -0.05) is 30.3 Å². The Bertz CT molecular complexity index is 922. The topological polar surface area (TPSA) is 92.5 Å². The van der Waals surface area contributed by atoms with Crippen molar-refractivity contribution in [1.82, 2.24) is 10.2 Å². The average molecular weight is 349 g/mol. The Morgan fingerprint density at radius 3 is 2.73 bits per heavy atom. The highest BCUT2D eigenvalue weighted by atomic mass is 16.2. The minimum absolute atomic E-state index is 0.0901. The summed E-state index contributed by atoms with van der Waals surface area (Å²) in [4.78, 5) is 38.4. The number of anilines is 1. The lowest BCUT2D eigenvalue weighted by Gasteiger charge is -2.27. The third-order valence-electron chi connectivity index (χ3n) is 5.04. The number of hydrogen-bond acceptors (Lipinski definition) is 4. The van der Waals surface area contributed by atoms with Crippen molar-refractivity contribution in [2.45, 2.75) is 25.3 Å². The Morgan fingerprint density at radius 1 is 1.12 bits per heavy atom. The van der Waals surface area contributed by atoms with Gasteiger partial charge in [-0.3, -0.25) is 19.3 Å². The number of nitrogens with one attached hydrogen (secondary N) is 1. The summed E-state index contributed by atoms with van der Waals surface area (Å²) in [6.07, 6.45) is 2.84. The maximum absolute atomic E-state index is 12.5. The highest BCUT2D eigenvalue weighted by Gasteiger charge is 2.38. The van der Waals surface area contributed by atoms with Crippen molar-refractivity contribution < 1.29 is 14.4 Å². The molecule has 1 aliphatic heterocycles. The van der Waals surface area contributed by atoms with Crippen LogP contribution in [0.3, 0.4) is 0 Å². The van der Waals surface area contributed by atoms with E-state index in [0.29, 0.717) is 0 Å².